The molecule has 0 aliphatic heterocycles. The van der Waals surface area contributed by atoms with E-state index in [1.807, 2.05) is 24.3 Å². The molecule has 2 rings (SSSR count). The van der Waals surface area contributed by atoms with Gasteiger partial charge in [0, 0.05) is 13.6 Å². The molecule has 0 aromatic heterocycles. The molecule has 4 nitrogen and oxygen atoms in total. The van der Waals surface area contributed by atoms with Crippen molar-refractivity contribution in [3.63, 3.8) is 0 Å². The highest BCUT2D eigenvalue weighted by atomic mass is 32.2. The van der Waals surface area contributed by atoms with Gasteiger partial charge in [-0.3, -0.25) is 4.31 Å². The molecule has 19 heavy (non-hydrogen) atoms. The molecule has 1 aliphatic rings. The van der Waals surface area contributed by atoms with E-state index in [9.17, 15) is 8.42 Å². The Morgan fingerprint density at radius 1 is 1.26 bits per heavy atom. The molecule has 106 valence electrons. The number of anilines is 1. The van der Waals surface area contributed by atoms with Crippen molar-refractivity contribution in [2.45, 2.75) is 43.9 Å². The van der Waals surface area contributed by atoms with E-state index in [1.54, 1.807) is 7.05 Å². The number of hydrogen-bond donors (Lipinski definition) is 1. The van der Waals surface area contributed by atoms with Crippen molar-refractivity contribution >= 4 is 15.7 Å². The van der Waals surface area contributed by atoms with Gasteiger partial charge in [0.1, 0.15) is 0 Å². The predicted octanol–water partition coefficient (Wildman–Crippen LogP) is 2.24. The van der Waals surface area contributed by atoms with E-state index in [4.69, 9.17) is 5.73 Å². The zero-order chi connectivity index (χ0) is 13.9. The zero-order valence-electron chi connectivity index (χ0n) is 11.4. The Hall–Kier alpha value is -1.07. The third kappa shape index (κ3) is 3.09. The van der Waals surface area contributed by atoms with Crippen LogP contribution in [-0.4, -0.2) is 20.7 Å². The normalized spacial score (nSPS) is 17.4. The average molecular weight is 282 g/mol. The molecule has 5 heteroatoms. The van der Waals surface area contributed by atoms with Crippen LogP contribution < -0.4 is 10.0 Å². The number of sulfonamides is 1. The van der Waals surface area contributed by atoms with Gasteiger partial charge in [0.05, 0.1) is 10.9 Å². The van der Waals surface area contributed by atoms with Crippen molar-refractivity contribution in [3.8, 4) is 0 Å². The van der Waals surface area contributed by atoms with Crippen LogP contribution in [-0.2, 0) is 16.6 Å². The van der Waals surface area contributed by atoms with Crippen molar-refractivity contribution in [2.75, 3.05) is 11.4 Å². The van der Waals surface area contributed by atoms with Gasteiger partial charge < -0.3 is 5.73 Å². The molecule has 1 aromatic carbocycles. The van der Waals surface area contributed by atoms with Crippen LogP contribution in [0.2, 0.25) is 0 Å². The van der Waals surface area contributed by atoms with E-state index in [-0.39, 0.29) is 5.25 Å². The minimum atomic E-state index is -3.25. The maximum absolute atomic E-state index is 12.6. The maximum atomic E-state index is 12.6. The molecule has 2 N–H and O–H groups in total. The monoisotopic (exact) mass is 282 g/mol. The molecule has 0 amide bonds. The third-order valence-electron chi connectivity index (χ3n) is 3.87. The number of hydrogen-bond acceptors (Lipinski definition) is 3. The largest absolute Gasteiger partial charge is 0.326 e. The summed E-state index contributed by atoms with van der Waals surface area (Å²) in [5, 5.41) is -0.229. The zero-order valence-corrected chi connectivity index (χ0v) is 12.2. The Morgan fingerprint density at radius 2 is 1.95 bits per heavy atom. The lowest BCUT2D eigenvalue weighted by molar-refractivity contribution is 0.483. The lowest BCUT2D eigenvalue weighted by Gasteiger charge is -2.28. The van der Waals surface area contributed by atoms with Crippen molar-refractivity contribution < 1.29 is 8.42 Å². The molecule has 1 fully saturated rings. The van der Waals surface area contributed by atoms with E-state index in [0.717, 1.165) is 37.7 Å². The van der Waals surface area contributed by atoms with Crippen LogP contribution in [0.5, 0.6) is 0 Å². The highest BCUT2D eigenvalue weighted by molar-refractivity contribution is 7.93. The van der Waals surface area contributed by atoms with Crippen LogP contribution in [0, 0.1) is 0 Å². The molecule has 0 spiro atoms. The minimum absolute atomic E-state index is 0.229. The van der Waals surface area contributed by atoms with E-state index in [1.165, 1.54) is 4.31 Å². The first-order chi connectivity index (χ1) is 9.05. The molecule has 0 atom stereocenters. The summed E-state index contributed by atoms with van der Waals surface area (Å²) >= 11 is 0. The molecule has 0 heterocycles. The van der Waals surface area contributed by atoms with Crippen LogP contribution >= 0.6 is 0 Å². The second-order valence-electron chi connectivity index (χ2n) is 5.15. The molecule has 0 saturated heterocycles. The van der Waals surface area contributed by atoms with Gasteiger partial charge in [-0.15, -0.1) is 0 Å². The van der Waals surface area contributed by atoms with Crippen LogP contribution in [0.3, 0.4) is 0 Å². The van der Waals surface area contributed by atoms with E-state index >= 15 is 0 Å². The van der Waals surface area contributed by atoms with Gasteiger partial charge in [-0.25, -0.2) is 8.42 Å². The number of benzene rings is 1. The Bertz CT molecular complexity index is 522. The van der Waals surface area contributed by atoms with Crippen LogP contribution in [0.25, 0.3) is 0 Å². The minimum Gasteiger partial charge on any atom is -0.326 e. The van der Waals surface area contributed by atoms with E-state index in [2.05, 4.69) is 0 Å². The lowest BCUT2D eigenvalue weighted by atomic mass is 10.0. The summed E-state index contributed by atoms with van der Waals surface area (Å²) in [6.45, 7) is 0.422. The fourth-order valence-corrected chi connectivity index (χ4v) is 4.40. The highest BCUT2D eigenvalue weighted by Gasteiger charge is 2.31. The predicted molar refractivity (Wildman–Crippen MR) is 78.5 cm³/mol. The Balaban J connectivity index is 2.23. The summed E-state index contributed by atoms with van der Waals surface area (Å²) in [6, 6.07) is 7.43. The molecule has 1 aromatic rings. The molecule has 0 bridgehead atoms. The molecular weight excluding hydrogens is 260 g/mol. The second-order valence-corrected chi connectivity index (χ2v) is 7.39. The summed E-state index contributed by atoms with van der Waals surface area (Å²) in [7, 11) is -1.61. The van der Waals surface area contributed by atoms with Crippen LogP contribution in [0.15, 0.2) is 24.3 Å². The molecular formula is C14H22N2O2S. The molecule has 0 unspecified atom stereocenters. The summed E-state index contributed by atoms with van der Waals surface area (Å²) in [4.78, 5) is 0. The van der Waals surface area contributed by atoms with Gasteiger partial charge in [0.15, 0.2) is 0 Å². The Labute approximate surface area is 115 Å². The SMILES string of the molecule is CN(c1cccc(CN)c1)S(=O)(=O)C1CCCCC1. The van der Waals surface area contributed by atoms with Crippen molar-refractivity contribution in [2.24, 2.45) is 5.73 Å². The second kappa shape index (κ2) is 5.92. The number of rotatable bonds is 4. The molecule has 1 saturated carbocycles. The fourth-order valence-electron chi connectivity index (χ4n) is 2.61. The first-order valence-corrected chi connectivity index (χ1v) is 8.33. The summed E-state index contributed by atoms with van der Waals surface area (Å²) < 4.78 is 26.6. The van der Waals surface area contributed by atoms with Crippen molar-refractivity contribution in [3.05, 3.63) is 29.8 Å². The van der Waals surface area contributed by atoms with Gasteiger partial charge in [-0.2, -0.15) is 0 Å². The Kier molecular flexibility index (Phi) is 4.47. The van der Waals surface area contributed by atoms with E-state index in [0.29, 0.717) is 12.2 Å². The number of nitrogens with two attached hydrogens (primary N) is 1. The van der Waals surface area contributed by atoms with Gasteiger partial charge in [0.25, 0.3) is 0 Å². The topological polar surface area (TPSA) is 63.4 Å². The molecule has 0 radical (unpaired) electrons. The smallest absolute Gasteiger partial charge is 0.237 e. The first-order valence-electron chi connectivity index (χ1n) is 6.82. The average Bonchev–Trinajstić information content (AvgIpc) is 2.47. The quantitative estimate of drug-likeness (QED) is 0.921. The van der Waals surface area contributed by atoms with Gasteiger partial charge in [-0.05, 0) is 30.5 Å². The van der Waals surface area contributed by atoms with Gasteiger partial charge in [0.2, 0.25) is 10.0 Å². The summed E-state index contributed by atoms with van der Waals surface area (Å²) in [6.07, 6.45) is 4.74. The van der Waals surface area contributed by atoms with Gasteiger partial charge in [-0.1, -0.05) is 31.4 Å². The number of nitrogens with zero attached hydrogens (tertiary/aromatic N) is 1. The Morgan fingerprint density at radius 3 is 2.58 bits per heavy atom. The standard InChI is InChI=1S/C14H22N2O2S/c1-16(13-7-5-6-12(10-13)11-15)19(17,18)14-8-3-2-4-9-14/h5-7,10,14H,2-4,8-9,11,15H2,1H3. The van der Waals surface area contributed by atoms with E-state index < -0.39 is 10.0 Å². The maximum Gasteiger partial charge on any atom is 0.237 e. The summed E-state index contributed by atoms with van der Waals surface area (Å²) in [5.74, 6) is 0. The lowest BCUT2D eigenvalue weighted by Crippen LogP contribution is -2.37. The van der Waals surface area contributed by atoms with Crippen LogP contribution in [0.4, 0.5) is 5.69 Å². The van der Waals surface area contributed by atoms with Crippen molar-refractivity contribution in [1.29, 1.82) is 0 Å². The van der Waals surface area contributed by atoms with Crippen LogP contribution in [0.1, 0.15) is 37.7 Å². The molecule has 1 aliphatic carbocycles. The third-order valence-corrected chi connectivity index (χ3v) is 6.15. The van der Waals surface area contributed by atoms with Gasteiger partial charge >= 0.3 is 0 Å². The summed E-state index contributed by atoms with van der Waals surface area (Å²) in [5.41, 5.74) is 7.25. The highest BCUT2D eigenvalue weighted by Crippen LogP contribution is 2.28. The fraction of sp³-hybridized carbons (Fsp3) is 0.571. The first kappa shape index (κ1) is 14.3. The van der Waals surface area contributed by atoms with Crippen molar-refractivity contribution in [1.82, 2.24) is 0 Å².